The maximum atomic E-state index is 3.31. The highest BCUT2D eigenvalue weighted by Gasteiger charge is 2.28. The molecule has 2 nitrogen and oxygen atoms in total. The lowest BCUT2D eigenvalue weighted by Crippen LogP contribution is -2.28. The van der Waals surface area contributed by atoms with Crippen LogP contribution in [0.2, 0.25) is 0 Å². The summed E-state index contributed by atoms with van der Waals surface area (Å²) in [5, 5.41) is 5.52. The molecule has 96 valence electrons. The van der Waals surface area contributed by atoms with Gasteiger partial charge in [0.15, 0.2) is 0 Å². The molecule has 0 bridgehead atoms. The molecule has 2 heterocycles. The van der Waals surface area contributed by atoms with Gasteiger partial charge in [0, 0.05) is 17.5 Å². The Morgan fingerprint density at radius 2 is 2.47 bits per heavy atom. The second kappa shape index (κ2) is 6.53. The monoisotopic (exact) mass is 252 g/mol. The van der Waals surface area contributed by atoms with Crippen LogP contribution in [0, 0.1) is 5.92 Å². The Kier molecular flexibility index (Phi) is 5.01. The molecule has 1 N–H and O–H groups in total. The summed E-state index contributed by atoms with van der Waals surface area (Å²) in [5.74, 6) is 0.847. The fourth-order valence-electron chi connectivity index (χ4n) is 2.86. The first kappa shape index (κ1) is 13.1. The summed E-state index contributed by atoms with van der Waals surface area (Å²) in [4.78, 5) is 4.24. The zero-order chi connectivity index (χ0) is 12.1. The van der Waals surface area contributed by atoms with E-state index in [0.29, 0.717) is 6.04 Å². The second-order valence-corrected chi connectivity index (χ2v) is 6.01. The second-order valence-electron chi connectivity index (χ2n) is 5.03. The van der Waals surface area contributed by atoms with Gasteiger partial charge < -0.3 is 5.32 Å². The van der Waals surface area contributed by atoms with Crippen molar-refractivity contribution in [3.63, 3.8) is 0 Å². The summed E-state index contributed by atoms with van der Waals surface area (Å²) in [6.45, 7) is 6.00. The van der Waals surface area contributed by atoms with Crippen LogP contribution in [0.1, 0.15) is 37.1 Å². The van der Waals surface area contributed by atoms with Crippen LogP contribution in [0.5, 0.6) is 0 Å². The normalized spacial score (nSPS) is 23.1. The minimum Gasteiger partial charge on any atom is -0.319 e. The smallest absolute Gasteiger partial charge is 0.0441 e. The quantitative estimate of drug-likeness (QED) is 0.837. The molecular weight excluding hydrogens is 228 g/mol. The maximum absolute atomic E-state index is 3.31. The number of likely N-dealkylation sites (tertiary alicyclic amines) is 1. The van der Waals surface area contributed by atoms with Gasteiger partial charge in [-0.05, 0) is 50.3 Å². The van der Waals surface area contributed by atoms with Gasteiger partial charge in [0.25, 0.3) is 0 Å². The van der Waals surface area contributed by atoms with E-state index < -0.39 is 0 Å². The molecule has 0 radical (unpaired) electrons. The van der Waals surface area contributed by atoms with Crippen LogP contribution >= 0.6 is 11.3 Å². The third-order valence-corrected chi connectivity index (χ3v) is 4.66. The molecule has 0 spiro atoms. The van der Waals surface area contributed by atoms with Crippen molar-refractivity contribution in [2.45, 2.75) is 32.2 Å². The topological polar surface area (TPSA) is 15.3 Å². The third kappa shape index (κ3) is 3.30. The minimum absolute atomic E-state index is 0.668. The van der Waals surface area contributed by atoms with Crippen LogP contribution in [-0.4, -0.2) is 31.6 Å². The zero-order valence-corrected chi connectivity index (χ0v) is 11.8. The maximum Gasteiger partial charge on any atom is 0.0441 e. The van der Waals surface area contributed by atoms with E-state index in [9.17, 15) is 0 Å². The van der Waals surface area contributed by atoms with Crippen LogP contribution in [0.4, 0.5) is 0 Å². The zero-order valence-electron chi connectivity index (χ0n) is 11.0. The molecule has 3 heteroatoms. The van der Waals surface area contributed by atoms with Gasteiger partial charge in [-0.15, -0.1) is 11.3 Å². The van der Waals surface area contributed by atoms with Crippen LogP contribution in [-0.2, 0) is 0 Å². The Hall–Kier alpha value is -0.380. The van der Waals surface area contributed by atoms with Crippen molar-refractivity contribution in [2.75, 3.05) is 26.7 Å². The van der Waals surface area contributed by atoms with Crippen molar-refractivity contribution in [2.24, 2.45) is 5.92 Å². The molecule has 2 unspecified atom stereocenters. The Balaban J connectivity index is 1.98. The van der Waals surface area contributed by atoms with Crippen molar-refractivity contribution in [1.29, 1.82) is 0 Å². The van der Waals surface area contributed by atoms with Crippen molar-refractivity contribution in [3.8, 4) is 0 Å². The average Bonchev–Trinajstić information content (AvgIpc) is 2.97. The molecule has 17 heavy (non-hydrogen) atoms. The van der Waals surface area contributed by atoms with E-state index >= 15 is 0 Å². The van der Waals surface area contributed by atoms with E-state index in [1.54, 1.807) is 4.88 Å². The lowest BCUT2D eigenvalue weighted by Gasteiger charge is -2.27. The van der Waals surface area contributed by atoms with E-state index in [1.165, 1.54) is 38.9 Å². The van der Waals surface area contributed by atoms with Crippen molar-refractivity contribution in [3.05, 3.63) is 22.4 Å². The fourth-order valence-corrected chi connectivity index (χ4v) is 3.76. The first-order valence-corrected chi connectivity index (χ1v) is 7.65. The van der Waals surface area contributed by atoms with Gasteiger partial charge in [-0.1, -0.05) is 19.4 Å². The highest BCUT2D eigenvalue weighted by Crippen LogP contribution is 2.33. The Morgan fingerprint density at radius 3 is 3.12 bits per heavy atom. The highest BCUT2D eigenvalue weighted by atomic mass is 32.1. The first-order chi connectivity index (χ1) is 8.35. The van der Waals surface area contributed by atoms with Crippen LogP contribution in [0.25, 0.3) is 0 Å². The minimum atomic E-state index is 0.668. The SMILES string of the molecule is CCCC(c1cccs1)N1CCC(CNC)C1. The molecule has 1 aliphatic heterocycles. The van der Waals surface area contributed by atoms with Gasteiger partial charge in [0.2, 0.25) is 0 Å². The van der Waals surface area contributed by atoms with Gasteiger partial charge in [0.1, 0.15) is 0 Å². The average molecular weight is 252 g/mol. The molecule has 0 aliphatic carbocycles. The van der Waals surface area contributed by atoms with Gasteiger partial charge in [0.05, 0.1) is 0 Å². The molecule has 0 aromatic carbocycles. The number of thiophene rings is 1. The molecule has 1 aromatic heterocycles. The number of hydrogen-bond acceptors (Lipinski definition) is 3. The molecule has 2 rings (SSSR count). The largest absolute Gasteiger partial charge is 0.319 e. The van der Waals surface area contributed by atoms with Gasteiger partial charge in [-0.2, -0.15) is 0 Å². The first-order valence-electron chi connectivity index (χ1n) is 6.77. The van der Waals surface area contributed by atoms with E-state index in [-0.39, 0.29) is 0 Å². The lowest BCUT2D eigenvalue weighted by atomic mass is 10.1. The third-order valence-electron chi connectivity index (χ3n) is 3.68. The molecule has 0 saturated carbocycles. The molecule has 0 amide bonds. The van der Waals surface area contributed by atoms with E-state index in [2.05, 4.69) is 41.7 Å². The highest BCUT2D eigenvalue weighted by molar-refractivity contribution is 7.10. The van der Waals surface area contributed by atoms with Crippen molar-refractivity contribution >= 4 is 11.3 Å². The number of rotatable bonds is 6. The lowest BCUT2D eigenvalue weighted by molar-refractivity contribution is 0.226. The van der Waals surface area contributed by atoms with Gasteiger partial charge in [-0.25, -0.2) is 0 Å². The fraction of sp³-hybridized carbons (Fsp3) is 0.714. The molecule has 1 fully saturated rings. The number of nitrogens with one attached hydrogen (secondary N) is 1. The van der Waals surface area contributed by atoms with E-state index in [0.717, 1.165) is 5.92 Å². The summed E-state index contributed by atoms with van der Waals surface area (Å²) >= 11 is 1.92. The Bertz CT molecular complexity index is 310. The molecular formula is C14H24N2S. The summed E-state index contributed by atoms with van der Waals surface area (Å²) in [6, 6.07) is 5.15. The predicted molar refractivity (Wildman–Crippen MR) is 75.6 cm³/mol. The van der Waals surface area contributed by atoms with Gasteiger partial charge >= 0.3 is 0 Å². The predicted octanol–water partition coefficient (Wildman–Crippen LogP) is 3.13. The molecule has 2 atom stereocenters. The summed E-state index contributed by atoms with van der Waals surface area (Å²) in [6.07, 6.45) is 3.93. The molecule has 1 aromatic rings. The van der Waals surface area contributed by atoms with Crippen molar-refractivity contribution < 1.29 is 0 Å². The van der Waals surface area contributed by atoms with Gasteiger partial charge in [-0.3, -0.25) is 4.90 Å². The van der Waals surface area contributed by atoms with Crippen molar-refractivity contribution in [1.82, 2.24) is 10.2 Å². The summed E-state index contributed by atoms with van der Waals surface area (Å²) < 4.78 is 0. The van der Waals surface area contributed by atoms with E-state index in [1.807, 2.05) is 11.3 Å². The van der Waals surface area contributed by atoms with Crippen LogP contribution < -0.4 is 5.32 Å². The van der Waals surface area contributed by atoms with Crippen LogP contribution in [0.3, 0.4) is 0 Å². The molecule has 1 aliphatic rings. The van der Waals surface area contributed by atoms with Crippen LogP contribution in [0.15, 0.2) is 17.5 Å². The summed E-state index contributed by atoms with van der Waals surface area (Å²) in [7, 11) is 2.06. The van der Waals surface area contributed by atoms with E-state index in [4.69, 9.17) is 0 Å². The Labute approximate surface area is 109 Å². The Morgan fingerprint density at radius 1 is 1.59 bits per heavy atom. The standard InChI is InChI=1S/C14H24N2S/c1-3-5-13(14-6-4-9-17-14)16-8-7-12(11-16)10-15-2/h4,6,9,12-13,15H,3,5,7-8,10-11H2,1-2H3. The summed E-state index contributed by atoms with van der Waals surface area (Å²) in [5.41, 5.74) is 0. The number of hydrogen-bond donors (Lipinski definition) is 1. The molecule has 1 saturated heterocycles. The number of nitrogens with zero attached hydrogens (tertiary/aromatic N) is 1.